The van der Waals surface area contributed by atoms with Gasteiger partial charge in [-0.05, 0) is 97.1 Å². The number of imide groups is 2. The molecule has 13 heteroatoms. The van der Waals surface area contributed by atoms with Crippen molar-refractivity contribution >= 4 is 69.6 Å². The summed E-state index contributed by atoms with van der Waals surface area (Å²) in [4.78, 5) is 55.5. The van der Waals surface area contributed by atoms with Crippen LogP contribution in [0.2, 0.25) is 0 Å². The molecule has 4 aromatic rings. The third kappa shape index (κ3) is 5.04. The van der Waals surface area contributed by atoms with E-state index >= 15 is 0 Å². The first-order valence-corrected chi connectivity index (χ1v) is 17.7. The van der Waals surface area contributed by atoms with Gasteiger partial charge in [0.1, 0.15) is 5.82 Å². The lowest BCUT2D eigenvalue weighted by Gasteiger charge is -2.50. The monoisotopic (exact) mass is 755 g/mol. The molecular weight excluding hydrogens is 724 g/mol. The van der Waals surface area contributed by atoms with Crippen LogP contribution in [0.5, 0.6) is 17.2 Å². The Morgan fingerprint density at radius 1 is 0.774 bits per heavy atom. The third-order valence-corrected chi connectivity index (χ3v) is 12.3. The topological polar surface area (TPSA) is 125 Å². The van der Waals surface area contributed by atoms with E-state index in [1.165, 1.54) is 43.4 Å². The average Bonchev–Trinajstić information content (AvgIpc) is 3.50. The molecule has 1 saturated carbocycles. The summed E-state index contributed by atoms with van der Waals surface area (Å²) in [5, 5.41) is 14.1. The van der Waals surface area contributed by atoms with Gasteiger partial charge in [0.25, 0.3) is 11.8 Å². The number of carbonyl (C=O) groups is 4. The number of carbonyl (C=O) groups excluding carboxylic acids is 4. The first-order valence-electron chi connectivity index (χ1n) is 16.9. The molecule has 2 heterocycles. The van der Waals surface area contributed by atoms with Crippen LogP contribution < -0.4 is 24.6 Å². The Bertz CT molecular complexity index is 2190. The van der Waals surface area contributed by atoms with Crippen molar-refractivity contribution in [2.45, 2.75) is 28.5 Å². The Morgan fingerprint density at radius 2 is 1.36 bits per heavy atom. The van der Waals surface area contributed by atoms with E-state index in [0.29, 0.717) is 16.8 Å². The number of benzene rings is 4. The summed E-state index contributed by atoms with van der Waals surface area (Å²) in [6.07, 6.45) is 1.71. The quantitative estimate of drug-likeness (QED) is 0.117. The van der Waals surface area contributed by atoms with Crippen molar-refractivity contribution < 1.29 is 38.1 Å². The summed E-state index contributed by atoms with van der Waals surface area (Å²) in [5.41, 5.74) is 2.94. The molecule has 4 amide bonds. The zero-order valence-electron chi connectivity index (χ0n) is 28.4. The van der Waals surface area contributed by atoms with Gasteiger partial charge in [-0.25, -0.2) is 9.29 Å². The number of phenols is 1. The standard InChI is InChI=1S/C40H32Cl2FN3O7/c1-52-30-18-21(19-31(53-2)34(30)47)33-27-16-17-28-32(36(49)45(35(28)48)25-14-10-24(11-15-25)44-23-6-4-3-5-7-23)29(27)20-39(41)37(50)46(38(51)40(33,39)42)26-12-8-22(43)9-13-26/h3-16,18-19,28-29,32-33,44,47H,17,20H2,1-2H3. The molecule has 6 unspecified atom stereocenters. The van der Waals surface area contributed by atoms with E-state index in [-0.39, 0.29) is 35.8 Å². The molecule has 2 aliphatic heterocycles. The lowest BCUT2D eigenvalue weighted by molar-refractivity contribution is -0.125. The van der Waals surface area contributed by atoms with Gasteiger partial charge in [0.2, 0.25) is 17.6 Å². The molecule has 3 fully saturated rings. The van der Waals surface area contributed by atoms with Crippen molar-refractivity contribution in [1.82, 2.24) is 0 Å². The number of ether oxygens (including phenoxy) is 2. The number of para-hydroxylation sites is 1. The van der Waals surface area contributed by atoms with Gasteiger partial charge in [0.05, 0.1) is 37.4 Å². The molecule has 2 aliphatic carbocycles. The molecule has 2 N–H and O–H groups in total. The van der Waals surface area contributed by atoms with Crippen LogP contribution in [0.4, 0.5) is 27.1 Å². The van der Waals surface area contributed by atoms with Gasteiger partial charge in [-0.3, -0.25) is 24.1 Å². The van der Waals surface area contributed by atoms with Crippen LogP contribution in [0.15, 0.2) is 103 Å². The fourth-order valence-electron chi connectivity index (χ4n) is 8.49. The number of phenolic OH excluding ortho intramolecular Hbond substituents is 1. The number of fused-ring (bicyclic) bond motifs is 4. The highest BCUT2D eigenvalue weighted by Crippen LogP contribution is 2.66. The van der Waals surface area contributed by atoms with Gasteiger partial charge in [0.15, 0.2) is 21.2 Å². The molecule has 0 aromatic heterocycles. The highest BCUT2D eigenvalue weighted by atomic mass is 35.5. The molecule has 6 atom stereocenters. The highest BCUT2D eigenvalue weighted by molar-refractivity contribution is 6.58. The molecule has 2 saturated heterocycles. The van der Waals surface area contributed by atoms with Crippen LogP contribution in [0.1, 0.15) is 24.3 Å². The maximum atomic E-state index is 14.6. The number of halogens is 3. The van der Waals surface area contributed by atoms with E-state index in [0.717, 1.165) is 28.4 Å². The molecule has 8 rings (SSSR count). The summed E-state index contributed by atoms with van der Waals surface area (Å²) in [6, 6.07) is 24.2. The molecule has 270 valence electrons. The average molecular weight is 757 g/mol. The predicted molar refractivity (Wildman–Crippen MR) is 196 cm³/mol. The smallest absolute Gasteiger partial charge is 0.258 e. The number of rotatable bonds is 7. The Labute approximate surface area is 313 Å². The number of amides is 4. The van der Waals surface area contributed by atoms with Crippen molar-refractivity contribution in [3.05, 3.63) is 114 Å². The fraction of sp³-hybridized carbons (Fsp3) is 0.250. The molecule has 4 aromatic carbocycles. The number of aromatic hydroxyl groups is 1. The van der Waals surface area contributed by atoms with Gasteiger partial charge in [-0.1, -0.05) is 29.8 Å². The van der Waals surface area contributed by atoms with E-state index in [1.807, 2.05) is 36.4 Å². The Hall–Kier alpha value is -5.39. The third-order valence-electron chi connectivity index (χ3n) is 10.9. The van der Waals surface area contributed by atoms with Crippen LogP contribution >= 0.6 is 23.2 Å². The van der Waals surface area contributed by atoms with Gasteiger partial charge < -0.3 is 19.9 Å². The Kier molecular flexibility index (Phi) is 8.27. The minimum Gasteiger partial charge on any atom is -0.502 e. The molecule has 53 heavy (non-hydrogen) atoms. The lowest BCUT2D eigenvalue weighted by atomic mass is 9.56. The first-order chi connectivity index (χ1) is 25.4. The van der Waals surface area contributed by atoms with Crippen molar-refractivity contribution in [3.8, 4) is 17.2 Å². The van der Waals surface area contributed by atoms with Crippen molar-refractivity contribution in [2.75, 3.05) is 29.3 Å². The van der Waals surface area contributed by atoms with Gasteiger partial charge in [-0.15, -0.1) is 23.2 Å². The number of hydrogen-bond acceptors (Lipinski definition) is 8. The lowest BCUT2D eigenvalue weighted by Crippen LogP contribution is -2.60. The largest absolute Gasteiger partial charge is 0.502 e. The highest BCUT2D eigenvalue weighted by Gasteiger charge is 2.76. The maximum absolute atomic E-state index is 14.6. The molecular formula is C40H32Cl2FN3O7. The summed E-state index contributed by atoms with van der Waals surface area (Å²) in [7, 11) is 2.69. The zero-order chi connectivity index (χ0) is 37.4. The molecule has 10 nitrogen and oxygen atoms in total. The van der Waals surface area contributed by atoms with Crippen LogP contribution in [-0.2, 0) is 19.2 Å². The second kappa shape index (κ2) is 12.6. The van der Waals surface area contributed by atoms with Gasteiger partial charge in [-0.2, -0.15) is 0 Å². The van der Waals surface area contributed by atoms with Crippen molar-refractivity contribution in [2.24, 2.45) is 17.8 Å². The molecule has 0 spiro atoms. The number of nitrogens with one attached hydrogen (secondary N) is 1. The van der Waals surface area contributed by atoms with E-state index in [9.17, 15) is 28.7 Å². The summed E-state index contributed by atoms with van der Waals surface area (Å²) in [6.45, 7) is 0. The van der Waals surface area contributed by atoms with Crippen LogP contribution in [0, 0.1) is 23.6 Å². The van der Waals surface area contributed by atoms with E-state index in [1.54, 1.807) is 24.3 Å². The molecule has 4 aliphatic rings. The Balaban J connectivity index is 1.23. The SMILES string of the molecule is COc1cc(C2C3=CCC4C(=O)N(c5ccc(Nc6ccccc6)cc5)C(=O)C4C3CC3(Cl)C(=O)N(c4ccc(F)cc4)C(=O)C23Cl)cc(OC)c1O. The summed E-state index contributed by atoms with van der Waals surface area (Å²) >= 11 is 14.9. The van der Waals surface area contributed by atoms with E-state index in [4.69, 9.17) is 32.7 Å². The fourth-order valence-corrected chi connectivity index (χ4v) is 9.42. The van der Waals surface area contributed by atoms with Crippen LogP contribution in [0.25, 0.3) is 0 Å². The minimum absolute atomic E-state index is 0.00635. The van der Waals surface area contributed by atoms with Crippen LogP contribution in [-0.4, -0.2) is 52.7 Å². The Morgan fingerprint density at radius 3 is 1.98 bits per heavy atom. The minimum atomic E-state index is -2.17. The molecule has 0 radical (unpaired) electrons. The number of alkyl halides is 2. The van der Waals surface area contributed by atoms with Crippen molar-refractivity contribution in [1.29, 1.82) is 0 Å². The van der Waals surface area contributed by atoms with Gasteiger partial charge in [0, 0.05) is 17.3 Å². The zero-order valence-corrected chi connectivity index (χ0v) is 29.9. The second-order valence-electron chi connectivity index (χ2n) is 13.6. The van der Waals surface area contributed by atoms with Crippen LogP contribution in [0.3, 0.4) is 0 Å². The summed E-state index contributed by atoms with van der Waals surface area (Å²) in [5.74, 6) is -7.09. The second-order valence-corrected chi connectivity index (χ2v) is 14.8. The summed E-state index contributed by atoms with van der Waals surface area (Å²) < 4.78 is 24.9. The normalized spacial score (nSPS) is 27.6. The van der Waals surface area contributed by atoms with Crippen molar-refractivity contribution in [3.63, 3.8) is 0 Å². The predicted octanol–water partition coefficient (Wildman–Crippen LogP) is 7.06. The van der Waals surface area contributed by atoms with Gasteiger partial charge >= 0.3 is 0 Å². The van der Waals surface area contributed by atoms with E-state index in [2.05, 4.69) is 5.32 Å². The van der Waals surface area contributed by atoms with E-state index < -0.39 is 62.9 Å². The number of anilines is 4. The number of nitrogens with zero attached hydrogens (tertiary/aromatic N) is 2. The first kappa shape index (κ1) is 34.7. The number of methoxy groups -OCH3 is 2. The molecule has 0 bridgehead atoms. The number of allylic oxidation sites excluding steroid dienone is 2. The maximum Gasteiger partial charge on any atom is 0.258 e. The number of hydrogen-bond donors (Lipinski definition) is 2.